The molecule has 244 valence electrons. The summed E-state index contributed by atoms with van der Waals surface area (Å²) >= 11 is 0. The van der Waals surface area contributed by atoms with Crippen molar-refractivity contribution in [1.29, 1.82) is 0 Å². The number of amides is 2. The second-order valence-corrected chi connectivity index (χ2v) is 12.1. The Morgan fingerprint density at radius 2 is 0.851 bits per heavy atom. The fourth-order valence-electron chi connectivity index (χ4n) is 6.35. The van der Waals surface area contributed by atoms with Crippen molar-refractivity contribution in [3.63, 3.8) is 0 Å². The summed E-state index contributed by atoms with van der Waals surface area (Å²) in [6.07, 6.45) is -0.704. The Hall–Kier alpha value is -5.02. The van der Waals surface area contributed by atoms with Gasteiger partial charge in [-0.25, -0.2) is 0 Å². The Morgan fingerprint density at radius 3 is 1.19 bits per heavy atom. The van der Waals surface area contributed by atoms with E-state index >= 15 is 0 Å². The molecule has 4 aromatic rings. The average molecular weight is 635 g/mol. The van der Waals surface area contributed by atoms with Crippen molar-refractivity contribution in [2.24, 2.45) is 0 Å². The molecule has 2 N–H and O–H groups in total. The molecule has 2 atom stereocenters. The lowest BCUT2D eigenvalue weighted by Crippen LogP contribution is -2.49. The maximum Gasteiger partial charge on any atom is 0.225 e. The predicted octanol–water partition coefficient (Wildman–Crippen LogP) is 5.37. The lowest BCUT2D eigenvalue weighted by atomic mass is 10.0. The topological polar surface area (TPSA) is 96.8 Å². The molecule has 9 heteroatoms. The molecular weight excluding hydrogens is 592 g/mol. The van der Waals surface area contributed by atoms with Crippen molar-refractivity contribution < 1.29 is 24.5 Å². The summed E-state index contributed by atoms with van der Waals surface area (Å²) in [5.41, 5.74) is 3.86. The van der Waals surface area contributed by atoms with Gasteiger partial charge in [-0.1, -0.05) is 60.7 Å². The van der Waals surface area contributed by atoms with Gasteiger partial charge in [0.25, 0.3) is 0 Å². The molecule has 2 aliphatic heterocycles. The normalized spacial score (nSPS) is 16.5. The lowest BCUT2D eigenvalue weighted by molar-refractivity contribution is -0.139. The van der Waals surface area contributed by atoms with Crippen LogP contribution in [0.3, 0.4) is 0 Å². The second kappa shape index (κ2) is 15.0. The third kappa shape index (κ3) is 8.23. The smallest absolute Gasteiger partial charge is 0.225 e. The average Bonchev–Trinajstić information content (AvgIpc) is 3.12. The van der Waals surface area contributed by atoms with Crippen LogP contribution in [-0.4, -0.2) is 84.2 Å². The number of phenols is 2. The van der Waals surface area contributed by atoms with Crippen molar-refractivity contribution >= 4 is 23.2 Å². The Balaban J connectivity index is 1.12. The Morgan fingerprint density at radius 1 is 0.511 bits per heavy atom. The monoisotopic (exact) mass is 634 g/mol. The number of anilines is 2. The summed E-state index contributed by atoms with van der Waals surface area (Å²) in [6, 6.07) is 33.9. The SMILES string of the molecule is O=C(CC(OC(CC(=O)N1CCN(c2ccc(O)cc2)CC1)c1ccccc1)c1ccccc1)N1CCN(c2ccc(O)cc2)CC1. The molecule has 0 bridgehead atoms. The van der Waals surface area contributed by atoms with Crippen LogP contribution >= 0.6 is 0 Å². The van der Waals surface area contributed by atoms with Gasteiger partial charge in [-0.2, -0.15) is 0 Å². The summed E-state index contributed by atoms with van der Waals surface area (Å²) in [5, 5.41) is 19.3. The number of hydrogen-bond donors (Lipinski definition) is 2. The van der Waals surface area contributed by atoms with E-state index in [1.54, 1.807) is 24.3 Å². The van der Waals surface area contributed by atoms with E-state index < -0.39 is 12.2 Å². The molecule has 2 saturated heterocycles. The molecular formula is C38H42N4O5. The maximum absolute atomic E-state index is 13.7. The molecule has 0 spiro atoms. The minimum absolute atomic E-state index is 0.0210. The number of piperazine rings is 2. The van der Waals surface area contributed by atoms with Crippen LogP contribution in [0.15, 0.2) is 109 Å². The Kier molecular flexibility index (Phi) is 10.2. The first kappa shape index (κ1) is 31.9. The summed E-state index contributed by atoms with van der Waals surface area (Å²) in [6.45, 7) is 5.19. The molecule has 2 aliphatic rings. The van der Waals surface area contributed by atoms with E-state index in [1.165, 1.54) is 0 Å². The van der Waals surface area contributed by atoms with Gasteiger partial charge in [-0.05, 0) is 59.7 Å². The molecule has 0 aromatic heterocycles. The highest BCUT2D eigenvalue weighted by molar-refractivity contribution is 5.78. The Bertz CT molecular complexity index is 1460. The summed E-state index contributed by atoms with van der Waals surface area (Å²) in [5.74, 6) is 0.511. The van der Waals surface area contributed by atoms with E-state index in [4.69, 9.17) is 4.74 Å². The van der Waals surface area contributed by atoms with E-state index in [0.717, 1.165) is 22.5 Å². The van der Waals surface area contributed by atoms with Gasteiger partial charge in [0.15, 0.2) is 0 Å². The van der Waals surface area contributed by atoms with Crippen LogP contribution in [0.2, 0.25) is 0 Å². The summed E-state index contributed by atoms with van der Waals surface area (Å²) in [7, 11) is 0. The van der Waals surface area contributed by atoms with Crippen LogP contribution in [0, 0.1) is 0 Å². The Labute approximate surface area is 276 Å². The molecule has 2 heterocycles. The molecule has 47 heavy (non-hydrogen) atoms. The second-order valence-electron chi connectivity index (χ2n) is 12.1. The van der Waals surface area contributed by atoms with E-state index in [9.17, 15) is 19.8 Å². The highest BCUT2D eigenvalue weighted by Crippen LogP contribution is 2.33. The van der Waals surface area contributed by atoms with Crippen molar-refractivity contribution in [3.05, 3.63) is 120 Å². The van der Waals surface area contributed by atoms with Gasteiger partial charge in [0.05, 0.1) is 25.0 Å². The van der Waals surface area contributed by atoms with Crippen LogP contribution < -0.4 is 9.80 Å². The van der Waals surface area contributed by atoms with Gasteiger partial charge in [0.1, 0.15) is 11.5 Å². The van der Waals surface area contributed by atoms with Gasteiger partial charge in [0, 0.05) is 63.7 Å². The van der Waals surface area contributed by atoms with Crippen LogP contribution in [0.25, 0.3) is 0 Å². The predicted molar refractivity (Wildman–Crippen MR) is 182 cm³/mol. The number of carbonyl (C=O) groups excluding carboxylic acids is 2. The quantitative estimate of drug-likeness (QED) is 0.242. The molecule has 4 aromatic carbocycles. The van der Waals surface area contributed by atoms with Gasteiger partial charge in [0.2, 0.25) is 11.8 Å². The number of aromatic hydroxyl groups is 2. The third-order valence-corrected chi connectivity index (χ3v) is 9.09. The van der Waals surface area contributed by atoms with Crippen LogP contribution in [0.4, 0.5) is 11.4 Å². The third-order valence-electron chi connectivity index (χ3n) is 9.09. The standard InChI is InChI=1S/C38H42N4O5/c43-33-15-11-31(12-16-33)39-19-23-41(24-20-39)37(45)27-35(29-7-3-1-4-8-29)47-36(30-9-5-2-6-10-30)28-38(46)42-25-21-40(22-26-42)32-13-17-34(44)18-14-32/h1-18,35-36,43-44H,19-28H2. The zero-order valence-corrected chi connectivity index (χ0v) is 26.5. The first-order valence-electron chi connectivity index (χ1n) is 16.3. The number of rotatable bonds is 10. The van der Waals surface area contributed by atoms with E-state index in [0.29, 0.717) is 52.4 Å². The summed E-state index contributed by atoms with van der Waals surface area (Å²) in [4.78, 5) is 35.7. The minimum atomic E-state index is -0.525. The van der Waals surface area contributed by atoms with Crippen LogP contribution in [0.1, 0.15) is 36.2 Å². The highest BCUT2D eigenvalue weighted by atomic mass is 16.5. The number of nitrogens with zero attached hydrogens (tertiary/aromatic N) is 4. The van der Waals surface area contributed by atoms with Crippen molar-refractivity contribution in [2.75, 3.05) is 62.2 Å². The number of benzene rings is 4. The van der Waals surface area contributed by atoms with Gasteiger partial charge >= 0.3 is 0 Å². The van der Waals surface area contributed by atoms with E-state index in [2.05, 4.69) is 9.80 Å². The van der Waals surface area contributed by atoms with E-state index in [1.807, 2.05) is 94.7 Å². The largest absolute Gasteiger partial charge is 0.508 e. The zero-order valence-electron chi connectivity index (χ0n) is 26.5. The zero-order chi connectivity index (χ0) is 32.6. The van der Waals surface area contributed by atoms with Gasteiger partial charge in [-0.15, -0.1) is 0 Å². The van der Waals surface area contributed by atoms with Crippen LogP contribution in [0.5, 0.6) is 11.5 Å². The molecule has 2 unspecified atom stereocenters. The molecule has 2 amide bonds. The van der Waals surface area contributed by atoms with Crippen molar-refractivity contribution in [3.8, 4) is 11.5 Å². The molecule has 2 fully saturated rings. The van der Waals surface area contributed by atoms with E-state index in [-0.39, 0.29) is 36.2 Å². The molecule has 6 rings (SSSR count). The number of ether oxygens (including phenoxy) is 1. The molecule has 0 saturated carbocycles. The highest BCUT2D eigenvalue weighted by Gasteiger charge is 2.30. The molecule has 9 nitrogen and oxygen atoms in total. The number of hydrogen-bond acceptors (Lipinski definition) is 7. The van der Waals surface area contributed by atoms with Crippen molar-refractivity contribution in [2.45, 2.75) is 25.0 Å². The first-order chi connectivity index (χ1) is 22.9. The van der Waals surface area contributed by atoms with Crippen LogP contribution in [-0.2, 0) is 14.3 Å². The maximum atomic E-state index is 13.7. The number of carbonyl (C=O) groups is 2. The minimum Gasteiger partial charge on any atom is -0.508 e. The van der Waals surface area contributed by atoms with Crippen molar-refractivity contribution in [1.82, 2.24) is 9.80 Å². The van der Waals surface area contributed by atoms with Gasteiger partial charge < -0.3 is 34.5 Å². The fourth-order valence-corrected chi connectivity index (χ4v) is 6.35. The summed E-state index contributed by atoms with van der Waals surface area (Å²) < 4.78 is 6.79. The lowest BCUT2D eigenvalue weighted by Gasteiger charge is -2.37. The fraction of sp³-hybridized carbons (Fsp3) is 0.316. The van der Waals surface area contributed by atoms with Gasteiger partial charge in [-0.3, -0.25) is 9.59 Å². The molecule has 0 radical (unpaired) electrons. The molecule has 0 aliphatic carbocycles. The first-order valence-corrected chi connectivity index (χ1v) is 16.3. The number of phenolic OH excluding ortho intramolecular Hbond substituents is 2.